The van der Waals surface area contributed by atoms with E-state index in [9.17, 15) is 0 Å². The van der Waals surface area contributed by atoms with Gasteiger partial charge in [0.1, 0.15) is 5.01 Å². The topological polar surface area (TPSA) is 55.8 Å². The van der Waals surface area contributed by atoms with Crippen molar-refractivity contribution >= 4 is 11.3 Å². The fraction of sp³-hybridized carbons (Fsp3) is 0.550. The molecule has 146 valence electrons. The first-order valence-corrected chi connectivity index (χ1v) is 10.5. The average Bonchev–Trinajstić information content (AvgIpc) is 3.34. The molecule has 2 aliphatic rings. The number of fused-ring (bicyclic) bond motifs is 1. The van der Waals surface area contributed by atoms with E-state index in [1.54, 1.807) is 11.3 Å². The first kappa shape index (κ1) is 18.7. The number of nitrogens with one attached hydrogen (secondary N) is 1. The van der Waals surface area contributed by atoms with Crippen LogP contribution in [0, 0.1) is 5.92 Å². The maximum absolute atomic E-state index is 5.49. The van der Waals surface area contributed by atoms with Crippen LogP contribution in [0.5, 0.6) is 11.5 Å². The Balaban J connectivity index is 1.34. The van der Waals surface area contributed by atoms with Crippen LogP contribution in [-0.4, -0.2) is 55.6 Å². The van der Waals surface area contributed by atoms with Crippen LogP contribution in [-0.2, 0) is 11.3 Å². The van der Waals surface area contributed by atoms with E-state index in [4.69, 9.17) is 19.2 Å². The fourth-order valence-corrected chi connectivity index (χ4v) is 4.41. The van der Waals surface area contributed by atoms with Crippen LogP contribution in [0.15, 0.2) is 23.6 Å². The molecule has 1 atom stereocenters. The highest BCUT2D eigenvalue weighted by Gasteiger charge is 2.23. The van der Waals surface area contributed by atoms with Gasteiger partial charge in [-0.1, -0.05) is 13.8 Å². The van der Waals surface area contributed by atoms with E-state index in [0.29, 0.717) is 18.8 Å². The van der Waals surface area contributed by atoms with Crippen molar-refractivity contribution in [2.24, 2.45) is 5.92 Å². The molecule has 3 heterocycles. The minimum atomic E-state index is 0.298. The van der Waals surface area contributed by atoms with Crippen LogP contribution in [0.25, 0.3) is 10.6 Å². The molecule has 2 aromatic rings. The smallest absolute Gasteiger partial charge is 0.231 e. The molecule has 7 heteroatoms. The zero-order valence-corrected chi connectivity index (χ0v) is 16.8. The van der Waals surface area contributed by atoms with Gasteiger partial charge < -0.3 is 19.5 Å². The second kappa shape index (κ2) is 8.56. The highest BCUT2D eigenvalue weighted by atomic mass is 32.1. The highest BCUT2D eigenvalue weighted by Crippen LogP contribution is 2.36. The van der Waals surface area contributed by atoms with Gasteiger partial charge in [-0.15, -0.1) is 11.3 Å². The number of morpholine rings is 1. The summed E-state index contributed by atoms with van der Waals surface area (Å²) in [6, 6.07) is 6.52. The molecule has 2 aliphatic heterocycles. The Labute approximate surface area is 164 Å². The summed E-state index contributed by atoms with van der Waals surface area (Å²) in [6.07, 6.45) is 0. The first-order chi connectivity index (χ1) is 13.2. The zero-order valence-electron chi connectivity index (χ0n) is 15.9. The molecule has 1 unspecified atom stereocenters. The van der Waals surface area contributed by atoms with Crippen molar-refractivity contribution in [3.63, 3.8) is 0 Å². The van der Waals surface area contributed by atoms with Crippen LogP contribution >= 0.6 is 11.3 Å². The van der Waals surface area contributed by atoms with Crippen LogP contribution in [0.3, 0.4) is 0 Å². The molecule has 6 nitrogen and oxygen atoms in total. The average molecular weight is 390 g/mol. The van der Waals surface area contributed by atoms with Crippen molar-refractivity contribution in [2.75, 3.05) is 39.6 Å². The number of hydrogen-bond acceptors (Lipinski definition) is 7. The Bertz CT molecular complexity index is 759. The van der Waals surface area contributed by atoms with Gasteiger partial charge in [0.05, 0.1) is 18.9 Å². The summed E-state index contributed by atoms with van der Waals surface area (Å²) in [5.74, 6) is 2.21. The van der Waals surface area contributed by atoms with E-state index in [2.05, 4.69) is 29.4 Å². The third-order valence-corrected chi connectivity index (χ3v) is 6.06. The Morgan fingerprint density at radius 1 is 1.19 bits per heavy atom. The zero-order chi connectivity index (χ0) is 18.6. The number of hydrogen-bond donors (Lipinski definition) is 1. The Hall–Kier alpha value is -1.67. The standard InChI is InChI=1S/C20H27N3O3S/c1-14(2)17(23-5-7-24-8-6-23)11-21-10-16-12-27-20(22-16)15-3-4-18-19(9-15)26-13-25-18/h3-4,9,12,14,17,21H,5-8,10-11,13H2,1-2H3. The summed E-state index contributed by atoms with van der Waals surface area (Å²) < 4.78 is 16.3. The van der Waals surface area contributed by atoms with Gasteiger partial charge in [-0.3, -0.25) is 4.90 Å². The molecule has 0 radical (unpaired) electrons. The van der Waals surface area contributed by atoms with Gasteiger partial charge in [0.15, 0.2) is 11.5 Å². The van der Waals surface area contributed by atoms with Gasteiger partial charge in [-0.05, 0) is 24.1 Å². The number of thiazole rings is 1. The minimum Gasteiger partial charge on any atom is -0.454 e. The molecule has 4 rings (SSSR count). The lowest BCUT2D eigenvalue weighted by molar-refractivity contribution is 0.00646. The summed E-state index contributed by atoms with van der Waals surface area (Å²) in [5, 5.41) is 6.75. The van der Waals surface area contributed by atoms with Gasteiger partial charge in [0, 0.05) is 43.2 Å². The Morgan fingerprint density at radius 2 is 2.00 bits per heavy atom. The van der Waals surface area contributed by atoms with Crippen molar-refractivity contribution in [2.45, 2.75) is 26.4 Å². The predicted octanol–water partition coefficient (Wildman–Crippen LogP) is 2.99. The van der Waals surface area contributed by atoms with E-state index in [1.165, 1.54) is 0 Å². The SMILES string of the molecule is CC(C)C(CNCc1csc(-c2ccc3c(c2)OCO3)n1)N1CCOCC1. The number of nitrogens with zero attached hydrogens (tertiary/aromatic N) is 2. The van der Waals surface area contributed by atoms with E-state index in [0.717, 1.165) is 67.2 Å². The summed E-state index contributed by atoms with van der Waals surface area (Å²) in [5.41, 5.74) is 2.15. The van der Waals surface area contributed by atoms with Crippen LogP contribution < -0.4 is 14.8 Å². The summed E-state index contributed by atoms with van der Waals surface area (Å²) in [7, 11) is 0. The van der Waals surface area contributed by atoms with Crippen molar-refractivity contribution in [1.82, 2.24) is 15.2 Å². The molecule has 1 aromatic heterocycles. The molecule has 0 bridgehead atoms. The Morgan fingerprint density at radius 3 is 2.81 bits per heavy atom. The van der Waals surface area contributed by atoms with Gasteiger partial charge in [-0.25, -0.2) is 4.98 Å². The number of benzene rings is 1. The fourth-order valence-electron chi connectivity index (χ4n) is 3.59. The predicted molar refractivity (Wildman–Crippen MR) is 106 cm³/mol. The van der Waals surface area contributed by atoms with E-state index < -0.39 is 0 Å². The van der Waals surface area contributed by atoms with Crippen molar-refractivity contribution in [1.29, 1.82) is 0 Å². The molecule has 0 spiro atoms. The molecular formula is C20H27N3O3S. The maximum Gasteiger partial charge on any atom is 0.231 e. The molecule has 1 saturated heterocycles. The second-order valence-corrected chi connectivity index (χ2v) is 8.16. The van der Waals surface area contributed by atoms with Crippen molar-refractivity contribution in [3.05, 3.63) is 29.3 Å². The third-order valence-electron chi connectivity index (χ3n) is 5.12. The normalized spacial score (nSPS) is 18.2. The quantitative estimate of drug-likeness (QED) is 0.786. The molecule has 1 fully saturated rings. The van der Waals surface area contributed by atoms with Crippen molar-refractivity contribution in [3.8, 4) is 22.1 Å². The van der Waals surface area contributed by atoms with Crippen LogP contribution in [0.2, 0.25) is 0 Å². The van der Waals surface area contributed by atoms with Gasteiger partial charge in [-0.2, -0.15) is 0 Å². The molecule has 0 saturated carbocycles. The summed E-state index contributed by atoms with van der Waals surface area (Å²) in [6.45, 7) is 10.4. The van der Waals surface area contributed by atoms with Crippen LogP contribution in [0.4, 0.5) is 0 Å². The highest BCUT2D eigenvalue weighted by molar-refractivity contribution is 7.13. The molecule has 1 N–H and O–H groups in total. The lowest BCUT2D eigenvalue weighted by Gasteiger charge is -2.37. The largest absolute Gasteiger partial charge is 0.454 e. The lowest BCUT2D eigenvalue weighted by atomic mass is 10.0. The maximum atomic E-state index is 5.49. The number of aromatic nitrogens is 1. The third kappa shape index (κ3) is 4.43. The van der Waals surface area contributed by atoms with Gasteiger partial charge in [0.25, 0.3) is 0 Å². The van der Waals surface area contributed by atoms with Gasteiger partial charge >= 0.3 is 0 Å². The van der Waals surface area contributed by atoms with E-state index in [1.807, 2.05) is 18.2 Å². The van der Waals surface area contributed by atoms with Crippen LogP contribution in [0.1, 0.15) is 19.5 Å². The molecular weight excluding hydrogens is 362 g/mol. The lowest BCUT2D eigenvalue weighted by Crippen LogP contribution is -2.50. The summed E-state index contributed by atoms with van der Waals surface area (Å²) >= 11 is 1.67. The first-order valence-electron chi connectivity index (χ1n) is 9.57. The molecule has 1 aromatic carbocycles. The monoisotopic (exact) mass is 389 g/mol. The molecule has 0 aliphatic carbocycles. The van der Waals surface area contributed by atoms with Gasteiger partial charge in [0.2, 0.25) is 6.79 Å². The minimum absolute atomic E-state index is 0.298. The molecule has 0 amide bonds. The van der Waals surface area contributed by atoms with E-state index >= 15 is 0 Å². The van der Waals surface area contributed by atoms with E-state index in [-0.39, 0.29) is 0 Å². The number of rotatable bonds is 7. The number of ether oxygens (including phenoxy) is 3. The molecule has 27 heavy (non-hydrogen) atoms. The summed E-state index contributed by atoms with van der Waals surface area (Å²) in [4.78, 5) is 7.33. The van der Waals surface area contributed by atoms with Crippen molar-refractivity contribution < 1.29 is 14.2 Å². The Kier molecular flexibility index (Phi) is 5.92. The second-order valence-electron chi connectivity index (χ2n) is 7.30.